The summed E-state index contributed by atoms with van der Waals surface area (Å²) in [6, 6.07) is 0. The Balaban J connectivity index is 3.54. The minimum atomic E-state index is -0.552. The van der Waals surface area contributed by atoms with Crippen LogP contribution in [0.2, 0.25) is 0 Å². The molecular formula is C39H66O4. The summed E-state index contributed by atoms with van der Waals surface area (Å²) in [6.45, 7) is 5.06. The number of allylic oxidation sites excluding steroid dienone is 12. The van der Waals surface area contributed by atoms with E-state index in [2.05, 4.69) is 86.8 Å². The third-order valence-corrected chi connectivity index (χ3v) is 7.03. The molecule has 43 heavy (non-hydrogen) atoms. The van der Waals surface area contributed by atoms with E-state index in [1.54, 1.807) is 0 Å². The molecule has 1 unspecified atom stereocenters. The van der Waals surface area contributed by atoms with E-state index in [4.69, 9.17) is 9.47 Å². The molecule has 0 aromatic heterocycles. The van der Waals surface area contributed by atoms with E-state index in [0.29, 0.717) is 13.0 Å². The van der Waals surface area contributed by atoms with Gasteiger partial charge in [0.15, 0.2) is 0 Å². The van der Waals surface area contributed by atoms with Gasteiger partial charge >= 0.3 is 5.97 Å². The third-order valence-electron chi connectivity index (χ3n) is 7.03. The number of aliphatic hydroxyl groups excluding tert-OH is 1. The van der Waals surface area contributed by atoms with Crippen LogP contribution in [-0.2, 0) is 14.3 Å². The molecule has 0 amide bonds. The molecule has 0 saturated carbocycles. The van der Waals surface area contributed by atoms with Crippen LogP contribution < -0.4 is 0 Å². The van der Waals surface area contributed by atoms with E-state index < -0.39 is 6.10 Å². The molecule has 0 fully saturated rings. The Hall–Kier alpha value is -2.17. The molecule has 4 heteroatoms. The number of unbranched alkanes of at least 4 members (excludes halogenated alkanes) is 11. The molecule has 0 aliphatic heterocycles. The minimum Gasteiger partial charge on any atom is -0.457 e. The molecule has 0 aliphatic rings. The zero-order valence-electron chi connectivity index (χ0n) is 27.9. The molecule has 0 aromatic carbocycles. The monoisotopic (exact) mass is 598 g/mol. The number of rotatable bonds is 31. The summed E-state index contributed by atoms with van der Waals surface area (Å²) in [4.78, 5) is 12.1. The number of esters is 1. The normalized spacial score (nSPS) is 13.3. The first-order valence-electron chi connectivity index (χ1n) is 17.5. The van der Waals surface area contributed by atoms with E-state index in [0.717, 1.165) is 77.0 Å². The number of hydrogen-bond donors (Lipinski definition) is 1. The Labute approximate surface area is 266 Å². The van der Waals surface area contributed by atoms with Crippen molar-refractivity contribution in [3.05, 3.63) is 72.9 Å². The summed E-state index contributed by atoms with van der Waals surface area (Å²) in [5, 5.41) is 9.54. The van der Waals surface area contributed by atoms with Crippen LogP contribution in [-0.4, -0.2) is 37.0 Å². The van der Waals surface area contributed by atoms with Crippen molar-refractivity contribution in [3.63, 3.8) is 0 Å². The Morgan fingerprint density at radius 3 is 1.47 bits per heavy atom. The van der Waals surface area contributed by atoms with Gasteiger partial charge in [0.2, 0.25) is 0 Å². The second-order valence-corrected chi connectivity index (χ2v) is 11.2. The predicted molar refractivity (Wildman–Crippen MR) is 186 cm³/mol. The number of carbonyl (C=O) groups is 1. The fraction of sp³-hybridized carbons (Fsp3) is 0.667. The second-order valence-electron chi connectivity index (χ2n) is 11.2. The maximum absolute atomic E-state index is 12.1. The molecule has 4 nitrogen and oxygen atoms in total. The lowest BCUT2D eigenvalue weighted by Crippen LogP contribution is -2.27. The first-order chi connectivity index (χ1) is 21.2. The van der Waals surface area contributed by atoms with Crippen LogP contribution in [0, 0.1) is 0 Å². The van der Waals surface area contributed by atoms with Gasteiger partial charge in [-0.3, -0.25) is 4.79 Å². The van der Waals surface area contributed by atoms with Crippen LogP contribution in [0.5, 0.6) is 0 Å². The largest absolute Gasteiger partial charge is 0.457 e. The number of carbonyl (C=O) groups excluding carboxylic acids is 1. The highest BCUT2D eigenvalue weighted by Gasteiger charge is 2.13. The van der Waals surface area contributed by atoms with Crippen LogP contribution in [0.4, 0.5) is 0 Å². The molecule has 0 spiro atoms. The van der Waals surface area contributed by atoms with Crippen molar-refractivity contribution in [2.45, 2.75) is 148 Å². The smallest absolute Gasteiger partial charge is 0.306 e. The zero-order valence-corrected chi connectivity index (χ0v) is 27.9. The Morgan fingerprint density at radius 1 is 0.558 bits per heavy atom. The average Bonchev–Trinajstić information content (AvgIpc) is 3.01. The van der Waals surface area contributed by atoms with Gasteiger partial charge in [0.1, 0.15) is 6.10 Å². The van der Waals surface area contributed by atoms with E-state index in [1.807, 2.05) is 0 Å². The predicted octanol–water partition coefficient (Wildman–Crippen LogP) is 11.1. The molecule has 0 radical (unpaired) electrons. The van der Waals surface area contributed by atoms with Crippen LogP contribution in [0.15, 0.2) is 72.9 Å². The summed E-state index contributed by atoms with van der Waals surface area (Å²) in [7, 11) is 0. The van der Waals surface area contributed by atoms with Crippen molar-refractivity contribution in [2.75, 3.05) is 19.8 Å². The topological polar surface area (TPSA) is 55.8 Å². The lowest BCUT2D eigenvalue weighted by Gasteiger charge is -2.15. The van der Waals surface area contributed by atoms with Gasteiger partial charge in [-0.2, -0.15) is 0 Å². The van der Waals surface area contributed by atoms with Gasteiger partial charge in [-0.1, -0.05) is 132 Å². The number of ether oxygens (including phenoxy) is 2. The first kappa shape index (κ1) is 40.8. The summed E-state index contributed by atoms with van der Waals surface area (Å²) in [5.74, 6) is -0.227. The van der Waals surface area contributed by atoms with E-state index in [9.17, 15) is 9.90 Å². The second kappa shape index (κ2) is 36.0. The fourth-order valence-electron chi connectivity index (χ4n) is 4.47. The van der Waals surface area contributed by atoms with Crippen LogP contribution >= 0.6 is 0 Å². The maximum Gasteiger partial charge on any atom is 0.306 e. The standard InChI is InChI=1S/C39H66O4/c1-3-5-7-9-11-13-15-17-19-21-23-25-27-29-31-33-35-42-37-38(36-40)43-39(41)34-32-30-28-26-24-22-20-18-16-14-12-10-8-6-4-2/h5-8,11-14,17-20,38,40H,3-4,9-10,15-16,21-37H2,1-2H3/b7-5-,8-6-,13-11-,14-12-,19-17-,20-18-. The lowest BCUT2D eigenvalue weighted by molar-refractivity contribution is -0.154. The van der Waals surface area contributed by atoms with Gasteiger partial charge in [-0.05, 0) is 77.0 Å². The van der Waals surface area contributed by atoms with Crippen molar-refractivity contribution in [3.8, 4) is 0 Å². The molecular weight excluding hydrogens is 532 g/mol. The van der Waals surface area contributed by atoms with Crippen molar-refractivity contribution in [1.82, 2.24) is 0 Å². The van der Waals surface area contributed by atoms with Gasteiger partial charge in [-0.15, -0.1) is 0 Å². The van der Waals surface area contributed by atoms with E-state index >= 15 is 0 Å². The maximum atomic E-state index is 12.1. The van der Waals surface area contributed by atoms with Gasteiger partial charge in [0, 0.05) is 13.0 Å². The Bertz CT molecular complexity index is 759. The SMILES string of the molecule is CC/C=C\C/C=C\C/C=C\CCCCCCCCOCC(CO)OC(=O)CCCCCCC/C=C\C/C=C\C/C=C\CC. The molecule has 0 rings (SSSR count). The molecule has 1 N–H and O–H groups in total. The first-order valence-corrected chi connectivity index (χ1v) is 17.5. The van der Waals surface area contributed by atoms with Gasteiger partial charge in [0.05, 0.1) is 13.2 Å². The number of hydrogen-bond acceptors (Lipinski definition) is 4. The summed E-state index contributed by atoms with van der Waals surface area (Å²) >= 11 is 0. The molecule has 0 bridgehead atoms. The minimum absolute atomic E-state index is 0.189. The van der Waals surface area contributed by atoms with Crippen molar-refractivity contribution < 1.29 is 19.4 Å². The van der Waals surface area contributed by atoms with Crippen molar-refractivity contribution in [1.29, 1.82) is 0 Å². The quantitative estimate of drug-likeness (QED) is 0.0490. The highest BCUT2D eigenvalue weighted by atomic mass is 16.6. The summed E-state index contributed by atoms with van der Waals surface area (Å²) < 4.78 is 11.1. The van der Waals surface area contributed by atoms with Crippen LogP contribution in [0.1, 0.15) is 142 Å². The van der Waals surface area contributed by atoms with Crippen LogP contribution in [0.3, 0.4) is 0 Å². The van der Waals surface area contributed by atoms with Gasteiger partial charge < -0.3 is 14.6 Å². The molecule has 0 aromatic rings. The molecule has 1 atom stereocenters. The van der Waals surface area contributed by atoms with Crippen LogP contribution in [0.25, 0.3) is 0 Å². The molecule has 246 valence electrons. The average molecular weight is 599 g/mol. The Morgan fingerprint density at radius 2 is 0.977 bits per heavy atom. The summed E-state index contributed by atoms with van der Waals surface area (Å²) in [6.07, 6.45) is 47.9. The summed E-state index contributed by atoms with van der Waals surface area (Å²) in [5.41, 5.74) is 0. The third kappa shape index (κ3) is 34.2. The molecule has 0 heterocycles. The van der Waals surface area contributed by atoms with E-state index in [-0.39, 0.29) is 19.2 Å². The fourth-order valence-corrected chi connectivity index (χ4v) is 4.47. The Kier molecular flexibility index (Phi) is 34.2. The van der Waals surface area contributed by atoms with E-state index in [1.165, 1.54) is 44.9 Å². The number of aliphatic hydroxyl groups is 1. The highest BCUT2D eigenvalue weighted by Crippen LogP contribution is 2.10. The van der Waals surface area contributed by atoms with Crippen molar-refractivity contribution >= 4 is 5.97 Å². The van der Waals surface area contributed by atoms with Crippen molar-refractivity contribution in [2.24, 2.45) is 0 Å². The zero-order chi connectivity index (χ0) is 31.3. The lowest BCUT2D eigenvalue weighted by atomic mass is 10.1. The highest BCUT2D eigenvalue weighted by molar-refractivity contribution is 5.69. The molecule has 0 aliphatic carbocycles. The van der Waals surface area contributed by atoms with Gasteiger partial charge in [-0.25, -0.2) is 0 Å². The molecule has 0 saturated heterocycles. The van der Waals surface area contributed by atoms with Gasteiger partial charge in [0.25, 0.3) is 0 Å².